The fourth-order valence-corrected chi connectivity index (χ4v) is 2.84. The van der Waals surface area contributed by atoms with Gasteiger partial charge in [-0.1, -0.05) is 20.3 Å². The summed E-state index contributed by atoms with van der Waals surface area (Å²) < 4.78 is 0. The first-order chi connectivity index (χ1) is 8.19. The van der Waals surface area contributed by atoms with E-state index in [1.807, 2.05) is 7.05 Å². The number of likely N-dealkylation sites (N-methyl/N-ethyl adjacent to an activating group) is 1. The highest BCUT2D eigenvalue weighted by molar-refractivity contribution is 4.85. The third-order valence-corrected chi connectivity index (χ3v) is 4.59. The molecule has 0 radical (unpaired) electrons. The molecule has 0 aromatic carbocycles. The Bertz CT molecular complexity index is 196. The van der Waals surface area contributed by atoms with Gasteiger partial charge in [0.1, 0.15) is 0 Å². The minimum absolute atomic E-state index is 0.0517. The Morgan fingerprint density at radius 1 is 1.41 bits per heavy atom. The Hall–Kier alpha value is -0.120. The van der Waals surface area contributed by atoms with E-state index in [0.29, 0.717) is 0 Å². The summed E-state index contributed by atoms with van der Waals surface area (Å²) in [5.41, 5.74) is -0.0517. The Morgan fingerprint density at radius 3 is 2.65 bits per heavy atom. The van der Waals surface area contributed by atoms with E-state index in [0.717, 1.165) is 18.8 Å². The number of nitrogens with one attached hydrogen (secondary N) is 1. The number of aliphatic hydroxyl groups excluding tert-OH is 1. The molecule has 0 bridgehead atoms. The van der Waals surface area contributed by atoms with Crippen LogP contribution in [0.4, 0.5) is 0 Å². The molecular formula is C14H30N2O. The quantitative estimate of drug-likeness (QED) is 0.682. The van der Waals surface area contributed by atoms with Crippen molar-refractivity contribution in [1.82, 2.24) is 10.2 Å². The van der Waals surface area contributed by atoms with Gasteiger partial charge in [0.15, 0.2) is 0 Å². The van der Waals surface area contributed by atoms with Gasteiger partial charge in [0.25, 0.3) is 0 Å². The van der Waals surface area contributed by atoms with Gasteiger partial charge < -0.3 is 15.3 Å². The van der Waals surface area contributed by atoms with Crippen molar-refractivity contribution >= 4 is 0 Å². The molecule has 2 unspecified atom stereocenters. The van der Waals surface area contributed by atoms with E-state index in [-0.39, 0.29) is 12.1 Å². The van der Waals surface area contributed by atoms with Crippen molar-refractivity contribution in [3.63, 3.8) is 0 Å². The molecule has 102 valence electrons. The molecule has 17 heavy (non-hydrogen) atoms. The van der Waals surface area contributed by atoms with Crippen LogP contribution in [0.1, 0.15) is 46.0 Å². The first-order valence-electron chi connectivity index (χ1n) is 7.21. The summed E-state index contributed by atoms with van der Waals surface area (Å²) in [5, 5.41) is 12.8. The van der Waals surface area contributed by atoms with Crippen LogP contribution in [0.5, 0.6) is 0 Å². The number of hydrogen-bond acceptors (Lipinski definition) is 3. The van der Waals surface area contributed by atoms with E-state index in [4.69, 9.17) is 0 Å². The highest BCUT2D eigenvalue weighted by Gasteiger charge is 2.26. The molecule has 1 saturated heterocycles. The van der Waals surface area contributed by atoms with Crippen molar-refractivity contribution in [3.05, 3.63) is 0 Å². The van der Waals surface area contributed by atoms with Crippen LogP contribution >= 0.6 is 0 Å². The number of rotatable bonds is 8. The van der Waals surface area contributed by atoms with Crippen LogP contribution < -0.4 is 5.32 Å². The second-order valence-electron chi connectivity index (χ2n) is 5.51. The van der Waals surface area contributed by atoms with Crippen molar-refractivity contribution < 1.29 is 5.11 Å². The molecule has 1 aliphatic rings. The van der Waals surface area contributed by atoms with Crippen LogP contribution in [0.25, 0.3) is 0 Å². The van der Waals surface area contributed by atoms with Crippen LogP contribution in [0.3, 0.4) is 0 Å². The van der Waals surface area contributed by atoms with E-state index >= 15 is 0 Å². The molecule has 0 saturated carbocycles. The van der Waals surface area contributed by atoms with Crippen LogP contribution in [0, 0.1) is 5.92 Å². The van der Waals surface area contributed by atoms with Gasteiger partial charge in [0.05, 0.1) is 6.61 Å². The molecule has 3 heteroatoms. The fourth-order valence-electron chi connectivity index (χ4n) is 2.84. The van der Waals surface area contributed by atoms with Gasteiger partial charge in [-0.25, -0.2) is 0 Å². The molecule has 1 rings (SSSR count). The maximum absolute atomic E-state index is 9.47. The van der Waals surface area contributed by atoms with E-state index in [1.54, 1.807) is 0 Å². The Labute approximate surface area is 107 Å². The lowest BCUT2D eigenvalue weighted by Crippen LogP contribution is -2.46. The minimum atomic E-state index is -0.0517. The van der Waals surface area contributed by atoms with E-state index < -0.39 is 0 Å². The molecule has 1 fully saturated rings. The van der Waals surface area contributed by atoms with E-state index in [9.17, 15) is 5.11 Å². The summed E-state index contributed by atoms with van der Waals surface area (Å²) in [7, 11) is 1.96. The third-order valence-electron chi connectivity index (χ3n) is 4.59. The molecule has 0 aromatic heterocycles. The summed E-state index contributed by atoms with van der Waals surface area (Å²) in [4.78, 5) is 2.58. The summed E-state index contributed by atoms with van der Waals surface area (Å²) in [6.45, 7) is 8.45. The zero-order valence-electron chi connectivity index (χ0n) is 11.8. The SMILES string of the molecule is CCC1CCN(CCCC(CC)(CO)NC)C1. The molecular weight excluding hydrogens is 212 g/mol. The zero-order valence-corrected chi connectivity index (χ0v) is 11.8. The summed E-state index contributed by atoms with van der Waals surface area (Å²) >= 11 is 0. The van der Waals surface area contributed by atoms with Crippen LogP contribution in [-0.2, 0) is 0 Å². The normalized spacial score (nSPS) is 25.1. The largest absolute Gasteiger partial charge is 0.394 e. The molecule has 2 atom stereocenters. The van der Waals surface area contributed by atoms with E-state index in [1.165, 1.54) is 38.9 Å². The highest BCUT2D eigenvalue weighted by Crippen LogP contribution is 2.21. The third kappa shape index (κ3) is 4.23. The van der Waals surface area contributed by atoms with Crippen LogP contribution in [-0.4, -0.2) is 48.8 Å². The van der Waals surface area contributed by atoms with Gasteiger partial charge in [-0.05, 0) is 51.7 Å². The topological polar surface area (TPSA) is 35.5 Å². The minimum Gasteiger partial charge on any atom is -0.394 e. The molecule has 1 aliphatic heterocycles. The number of aliphatic hydroxyl groups is 1. The molecule has 3 nitrogen and oxygen atoms in total. The standard InChI is InChI=1S/C14H30N2O/c1-4-13-7-10-16(11-13)9-6-8-14(5-2,12-17)15-3/h13,15,17H,4-12H2,1-3H3. The molecule has 0 spiro atoms. The monoisotopic (exact) mass is 242 g/mol. The Balaban J connectivity index is 2.23. The molecule has 0 aromatic rings. The van der Waals surface area contributed by atoms with Gasteiger partial charge in [-0.2, -0.15) is 0 Å². The van der Waals surface area contributed by atoms with Crippen LogP contribution in [0.2, 0.25) is 0 Å². The molecule has 0 aliphatic carbocycles. The average molecular weight is 242 g/mol. The predicted molar refractivity (Wildman–Crippen MR) is 73.2 cm³/mol. The lowest BCUT2D eigenvalue weighted by atomic mass is 9.91. The number of nitrogens with zero attached hydrogens (tertiary/aromatic N) is 1. The second-order valence-corrected chi connectivity index (χ2v) is 5.51. The van der Waals surface area contributed by atoms with Crippen molar-refractivity contribution in [2.75, 3.05) is 33.3 Å². The molecule has 0 amide bonds. The zero-order chi connectivity index (χ0) is 12.7. The maximum atomic E-state index is 9.47. The van der Waals surface area contributed by atoms with Gasteiger partial charge in [-0.15, -0.1) is 0 Å². The van der Waals surface area contributed by atoms with Gasteiger partial charge in [0.2, 0.25) is 0 Å². The maximum Gasteiger partial charge on any atom is 0.0613 e. The van der Waals surface area contributed by atoms with Crippen molar-refractivity contribution in [2.24, 2.45) is 5.92 Å². The predicted octanol–water partition coefficient (Wildman–Crippen LogP) is 1.86. The van der Waals surface area contributed by atoms with Gasteiger partial charge in [-0.3, -0.25) is 0 Å². The number of hydrogen-bond donors (Lipinski definition) is 2. The Kier molecular flexibility index (Phi) is 6.45. The second kappa shape index (κ2) is 7.34. The van der Waals surface area contributed by atoms with Crippen molar-refractivity contribution in [3.8, 4) is 0 Å². The van der Waals surface area contributed by atoms with Crippen LogP contribution in [0.15, 0.2) is 0 Å². The molecule has 2 N–H and O–H groups in total. The van der Waals surface area contributed by atoms with Gasteiger partial charge >= 0.3 is 0 Å². The number of likely N-dealkylation sites (tertiary alicyclic amines) is 1. The summed E-state index contributed by atoms with van der Waals surface area (Å²) in [5.74, 6) is 0.924. The van der Waals surface area contributed by atoms with Crippen molar-refractivity contribution in [2.45, 2.75) is 51.5 Å². The summed E-state index contributed by atoms with van der Waals surface area (Å²) in [6.07, 6.45) is 5.96. The Morgan fingerprint density at radius 2 is 2.18 bits per heavy atom. The smallest absolute Gasteiger partial charge is 0.0613 e. The van der Waals surface area contributed by atoms with Gasteiger partial charge in [0, 0.05) is 12.1 Å². The molecule has 1 heterocycles. The lowest BCUT2D eigenvalue weighted by molar-refractivity contribution is 0.147. The summed E-state index contributed by atoms with van der Waals surface area (Å²) in [6, 6.07) is 0. The average Bonchev–Trinajstić information content (AvgIpc) is 2.83. The highest BCUT2D eigenvalue weighted by atomic mass is 16.3. The van der Waals surface area contributed by atoms with Crippen molar-refractivity contribution in [1.29, 1.82) is 0 Å². The first kappa shape index (κ1) is 14.9. The fraction of sp³-hybridized carbons (Fsp3) is 1.00. The first-order valence-corrected chi connectivity index (χ1v) is 7.21. The lowest BCUT2D eigenvalue weighted by Gasteiger charge is -2.31. The van der Waals surface area contributed by atoms with E-state index in [2.05, 4.69) is 24.1 Å².